The first kappa shape index (κ1) is 15.2. The van der Waals surface area contributed by atoms with Gasteiger partial charge in [0.1, 0.15) is 0 Å². The lowest BCUT2D eigenvalue weighted by Crippen LogP contribution is -2.34. The van der Waals surface area contributed by atoms with Crippen LogP contribution in [0.15, 0.2) is 24.5 Å². The lowest BCUT2D eigenvalue weighted by atomic mass is 10.1. The van der Waals surface area contributed by atoms with Crippen molar-refractivity contribution in [1.29, 1.82) is 0 Å². The van der Waals surface area contributed by atoms with Crippen LogP contribution in [-0.2, 0) is 17.6 Å². The maximum absolute atomic E-state index is 12.4. The van der Waals surface area contributed by atoms with Gasteiger partial charge in [0.05, 0.1) is 12.1 Å². The van der Waals surface area contributed by atoms with E-state index in [4.69, 9.17) is 0 Å². The first-order chi connectivity index (χ1) is 10.1. The molecule has 0 spiro atoms. The number of hydrogen-bond acceptors (Lipinski definition) is 3. The first-order valence-electron chi connectivity index (χ1n) is 7.29. The number of aryl methyl sites for hydroxylation is 2. The molecule has 112 valence electrons. The summed E-state index contributed by atoms with van der Waals surface area (Å²) in [7, 11) is 0. The van der Waals surface area contributed by atoms with Crippen LogP contribution in [0, 0.1) is 13.8 Å². The highest BCUT2D eigenvalue weighted by Crippen LogP contribution is 2.12. The zero-order chi connectivity index (χ0) is 15.2. The molecule has 0 radical (unpaired) electrons. The van der Waals surface area contributed by atoms with Crippen molar-refractivity contribution in [2.24, 2.45) is 0 Å². The van der Waals surface area contributed by atoms with E-state index < -0.39 is 0 Å². The normalized spacial score (nSPS) is 10.6. The maximum Gasteiger partial charge on any atom is 0.227 e. The summed E-state index contributed by atoms with van der Waals surface area (Å²) in [5.41, 5.74) is 4.10. The highest BCUT2D eigenvalue weighted by atomic mass is 16.2. The average Bonchev–Trinajstić information content (AvgIpc) is 2.81. The summed E-state index contributed by atoms with van der Waals surface area (Å²) in [5, 5.41) is 7.07. The van der Waals surface area contributed by atoms with E-state index in [9.17, 15) is 4.79 Å². The van der Waals surface area contributed by atoms with Crippen molar-refractivity contribution in [1.82, 2.24) is 20.1 Å². The largest absolute Gasteiger partial charge is 0.342 e. The first-order valence-corrected chi connectivity index (χ1v) is 7.29. The molecule has 0 saturated carbocycles. The van der Waals surface area contributed by atoms with Crippen molar-refractivity contribution in [3.8, 4) is 0 Å². The standard InChI is InChI=1S/C16H22N4O/c1-4-20(10-7-14-5-8-17-9-6-14)16(21)11-15-12(2)18-19-13(15)3/h5-6,8-9H,4,7,10-11H2,1-3H3,(H,18,19). The van der Waals surface area contributed by atoms with Crippen molar-refractivity contribution in [3.63, 3.8) is 0 Å². The summed E-state index contributed by atoms with van der Waals surface area (Å²) in [6.45, 7) is 7.35. The minimum Gasteiger partial charge on any atom is -0.342 e. The van der Waals surface area contributed by atoms with E-state index in [1.54, 1.807) is 12.4 Å². The Kier molecular flexibility index (Phi) is 5.09. The van der Waals surface area contributed by atoms with Crippen LogP contribution in [0.5, 0.6) is 0 Å². The van der Waals surface area contributed by atoms with Crippen molar-refractivity contribution in [3.05, 3.63) is 47.0 Å². The summed E-state index contributed by atoms with van der Waals surface area (Å²) in [6, 6.07) is 3.98. The molecule has 2 rings (SSSR count). The Hall–Kier alpha value is -2.17. The fraction of sp³-hybridized carbons (Fsp3) is 0.438. The van der Waals surface area contributed by atoms with E-state index in [1.807, 2.05) is 37.8 Å². The summed E-state index contributed by atoms with van der Waals surface area (Å²) in [4.78, 5) is 18.3. The number of nitrogens with zero attached hydrogens (tertiary/aromatic N) is 3. The van der Waals surface area contributed by atoms with E-state index >= 15 is 0 Å². The van der Waals surface area contributed by atoms with Gasteiger partial charge in [0.15, 0.2) is 0 Å². The van der Waals surface area contributed by atoms with E-state index in [-0.39, 0.29) is 5.91 Å². The fourth-order valence-corrected chi connectivity index (χ4v) is 2.37. The topological polar surface area (TPSA) is 61.9 Å². The Labute approximate surface area is 125 Å². The predicted molar refractivity (Wildman–Crippen MR) is 82.0 cm³/mol. The van der Waals surface area contributed by atoms with Crippen LogP contribution in [0.4, 0.5) is 0 Å². The Morgan fingerprint density at radius 1 is 1.29 bits per heavy atom. The zero-order valence-corrected chi connectivity index (χ0v) is 12.9. The van der Waals surface area contributed by atoms with Gasteiger partial charge >= 0.3 is 0 Å². The molecular weight excluding hydrogens is 264 g/mol. The smallest absolute Gasteiger partial charge is 0.227 e. The van der Waals surface area contributed by atoms with Gasteiger partial charge in [-0.25, -0.2) is 0 Å². The molecule has 0 aliphatic carbocycles. The van der Waals surface area contributed by atoms with E-state index in [2.05, 4.69) is 15.2 Å². The minimum absolute atomic E-state index is 0.152. The zero-order valence-electron chi connectivity index (χ0n) is 12.9. The Morgan fingerprint density at radius 3 is 2.57 bits per heavy atom. The highest BCUT2D eigenvalue weighted by Gasteiger charge is 2.16. The molecule has 5 heteroatoms. The van der Waals surface area contributed by atoms with Crippen molar-refractivity contribution in [2.45, 2.75) is 33.6 Å². The van der Waals surface area contributed by atoms with Gasteiger partial charge in [-0.05, 0) is 44.9 Å². The molecule has 1 N–H and O–H groups in total. The average molecular weight is 286 g/mol. The lowest BCUT2D eigenvalue weighted by molar-refractivity contribution is -0.130. The number of H-pyrrole nitrogens is 1. The van der Waals surface area contributed by atoms with E-state index in [1.165, 1.54) is 5.56 Å². The van der Waals surface area contributed by atoms with Crippen LogP contribution >= 0.6 is 0 Å². The molecule has 0 atom stereocenters. The van der Waals surface area contributed by atoms with Gasteiger partial charge in [-0.2, -0.15) is 5.10 Å². The molecule has 2 aromatic heterocycles. The molecule has 5 nitrogen and oxygen atoms in total. The second kappa shape index (κ2) is 7.02. The number of carbonyl (C=O) groups is 1. The molecule has 21 heavy (non-hydrogen) atoms. The Balaban J connectivity index is 1.96. The van der Waals surface area contributed by atoms with Gasteiger partial charge in [-0.15, -0.1) is 0 Å². The maximum atomic E-state index is 12.4. The second-order valence-electron chi connectivity index (χ2n) is 5.17. The van der Waals surface area contributed by atoms with Crippen molar-refractivity contribution < 1.29 is 4.79 Å². The summed E-state index contributed by atoms with van der Waals surface area (Å²) in [5.74, 6) is 0.152. The van der Waals surface area contributed by atoms with Gasteiger partial charge in [-0.3, -0.25) is 14.9 Å². The molecule has 0 aromatic carbocycles. The third-order valence-corrected chi connectivity index (χ3v) is 3.76. The molecule has 0 bridgehead atoms. The van der Waals surface area contributed by atoms with Crippen molar-refractivity contribution >= 4 is 5.91 Å². The molecule has 0 aliphatic heterocycles. The molecule has 1 amide bonds. The number of likely N-dealkylation sites (N-methyl/N-ethyl adjacent to an activating group) is 1. The van der Waals surface area contributed by atoms with Crippen LogP contribution in [0.2, 0.25) is 0 Å². The number of rotatable bonds is 6. The van der Waals surface area contributed by atoms with Gasteiger partial charge in [-0.1, -0.05) is 0 Å². The molecular formula is C16H22N4O. The molecule has 2 heterocycles. The minimum atomic E-state index is 0.152. The van der Waals surface area contributed by atoms with Crippen LogP contribution < -0.4 is 0 Å². The van der Waals surface area contributed by atoms with Crippen LogP contribution in [-0.4, -0.2) is 39.1 Å². The number of amides is 1. The number of carbonyl (C=O) groups excluding carboxylic acids is 1. The number of aromatic nitrogens is 3. The summed E-state index contributed by atoms with van der Waals surface area (Å²) >= 11 is 0. The monoisotopic (exact) mass is 286 g/mol. The molecule has 0 fully saturated rings. The number of nitrogens with one attached hydrogen (secondary N) is 1. The SMILES string of the molecule is CCN(CCc1ccncc1)C(=O)Cc1c(C)n[nH]c1C. The Bertz CT molecular complexity index is 572. The summed E-state index contributed by atoms with van der Waals surface area (Å²) < 4.78 is 0. The number of hydrogen-bond donors (Lipinski definition) is 1. The van der Waals surface area contributed by atoms with Crippen molar-refractivity contribution in [2.75, 3.05) is 13.1 Å². The highest BCUT2D eigenvalue weighted by molar-refractivity contribution is 5.79. The quantitative estimate of drug-likeness (QED) is 0.884. The summed E-state index contributed by atoms with van der Waals surface area (Å²) in [6.07, 6.45) is 4.83. The molecule has 2 aromatic rings. The number of pyridine rings is 1. The van der Waals surface area contributed by atoms with Gasteiger partial charge < -0.3 is 4.90 Å². The third-order valence-electron chi connectivity index (χ3n) is 3.76. The fourth-order valence-electron chi connectivity index (χ4n) is 2.37. The van der Waals surface area contributed by atoms with Gasteiger partial charge in [0, 0.05) is 36.7 Å². The van der Waals surface area contributed by atoms with Crippen LogP contribution in [0.1, 0.15) is 29.4 Å². The van der Waals surface area contributed by atoms with Gasteiger partial charge in [0.2, 0.25) is 5.91 Å². The van der Waals surface area contributed by atoms with Crippen LogP contribution in [0.3, 0.4) is 0 Å². The van der Waals surface area contributed by atoms with E-state index in [0.29, 0.717) is 6.42 Å². The third kappa shape index (κ3) is 3.90. The second-order valence-corrected chi connectivity index (χ2v) is 5.17. The predicted octanol–water partition coefficient (Wildman–Crippen LogP) is 2.06. The lowest BCUT2D eigenvalue weighted by Gasteiger charge is -2.21. The molecule has 0 unspecified atom stereocenters. The number of aromatic amines is 1. The van der Waals surface area contributed by atoms with Crippen LogP contribution in [0.25, 0.3) is 0 Å². The molecule has 0 saturated heterocycles. The van der Waals surface area contributed by atoms with Gasteiger partial charge in [0.25, 0.3) is 0 Å². The Morgan fingerprint density at radius 2 is 2.00 bits per heavy atom. The van der Waals surface area contributed by atoms with E-state index in [0.717, 1.165) is 36.5 Å². The molecule has 0 aliphatic rings.